The Balaban J connectivity index is 0.000000185. The molecule has 7 aromatic rings. The van der Waals surface area contributed by atoms with E-state index < -0.39 is 20.6 Å². The van der Waals surface area contributed by atoms with Gasteiger partial charge in [0.1, 0.15) is 0 Å². The fourth-order valence-electron chi connectivity index (χ4n) is 4.28. The molecule has 7 rings (SSSR count). The first kappa shape index (κ1) is 23.3. The summed E-state index contributed by atoms with van der Waals surface area (Å²) >= 11 is 0. The fraction of sp³-hybridized carbons (Fsp3) is 0.0714. The molecule has 0 bridgehead atoms. The molecule has 0 aliphatic carbocycles. The number of aromatic nitrogens is 3. The molecule has 0 aliphatic heterocycles. The predicted octanol–water partition coefficient (Wildman–Crippen LogP) is 10.2. The summed E-state index contributed by atoms with van der Waals surface area (Å²) in [7, 11) is 0. The Bertz CT molecular complexity index is 2140. The largest absolute Gasteiger partial charge is 3.00 e. The van der Waals surface area contributed by atoms with Crippen LogP contribution in [0.3, 0.4) is 0 Å². The maximum atomic E-state index is 7.82. The molecule has 3 heterocycles. The van der Waals surface area contributed by atoms with Crippen LogP contribution in [-0.4, -0.2) is 15.0 Å². The first-order valence-corrected chi connectivity index (χ1v) is 14.1. The second-order valence-corrected chi connectivity index (χ2v) is 9.63. The molecule has 0 aliphatic rings. The number of benzene rings is 4. The van der Waals surface area contributed by atoms with Crippen LogP contribution >= 0.6 is 0 Å². The first-order chi connectivity index (χ1) is 25.7. The summed E-state index contributed by atoms with van der Waals surface area (Å²) in [5.74, 6) is 0. The molecule has 0 unspecified atom stereocenters. The van der Waals surface area contributed by atoms with Crippen LogP contribution in [-0.2, 0) is 20.1 Å². The van der Waals surface area contributed by atoms with Crippen molar-refractivity contribution in [2.24, 2.45) is 0 Å². The van der Waals surface area contributed by atoms with Gasteiger partial charge in [-0.3, -0.25) is 0 Å². The number of hydrogen-bond donors (Lipinski definition) is 0. The van der Waals surface area contributed by atoms with Gasteiger partial charge in [-0.1, -0.05) is 60.7 Å². The summed E-state index contributed by atoms with van der Waals surface area (Å²) in [6.07, 6.45) is 1.63. The molecule has 46 heavy (non-hydrogen) atoms. The minimum Gasteiger partial charge on any atom is -0.304 e. The van der Waals surface area contributed by atoms with Crippen LogP contribution in [0.5, 0.6) is 0 Å². The van der Waals surface area contributed by atoms with Crippen molar-refractivity contribution in [3.05, 3.63) is 187 Å². The fourth-order valence-corrected chi connectivity index (χ4v) is 4.28. The summed E-state index contributed by atoms with van der Waals surface area (Å²) < 4.78 is 67.2. The zero-order chi connectivity index (χ0) is 38.8. The third kappa shape index (κ3) is 9.74. The SMILES string of the molecule is [2H]C([2H])([2H])c1cc(-c2[c-]cccc2)ncc1-c1ccccc1.[2H]C([2H])([2H])c1cccc(-c2[c-]cccc2)n1.[2H]C([2H])([2H])c1cccc(-c2[c-]cccc2)n1.[Ir+3]. The maximum Gasteiger partial charge on any atom is 3.00 e. The van der Waals surface area contributed by atoms with E-state index in [1.54, 1.807) is 54.7 Å². The standard InChI is InChI=1S/C18H14N.2C12H10N.Ir/c1-14-12-18(16-10-6-3-7-11-16)19-13-17(14)15-8-4-2-5-9-15;2*1-10-6-5-9-12(13-10)11-7-3-2-4-8-11;/h2-10,12-13H,1H3;2*2-7,9H,1H3;/q3*-1;+3/i3*1D3;. The third-order valence-electron chi connectivity index (χ3n) is 6.44. The smallest absolute Gasteiger partial charge is 0.304 e. The van der Waals surface area contributed by atoms with Crippen LogP contribution in [0.4, 0.5) is 0 Å². The van der Waals surface area contributed by atoms with E-state index >= 15 is 0 Å². The van der Waals surface area contributed by atoms with E-state index in [1.165, 1.54) is 12.1 Å². The second kappa shape index (κ2) is 17.5. The molecule has 0 amide bonds. The Labute approximate surface area is 299 Å². The zero-order valence-corrected chi connectivity index (χ0v) is 27.0. The average Bonchev–Trinajstić information content (AvgIpc) is 3.19. The molecule has 0 N–H and O–H groups in total. The Morgan fingerprint density at radius 3 is 1.46 bits per heavy atom. The van der Waals surface area contributed by atoms with Crippen LogP contribution in [0.1, 0.15) is 29.3 Å². The van der Waals surface area contributed by atoms with E-state index in [0.717, 1.165) is 22.3 Å². The Morgan fingerprint density at radius 2 is 1.00 bits per heavy atom. The van der Waals surface area contributed by atoms with Gasteiger partial charge in [0.05, 0.1) is 0 Å². The summed E-state index contributed by atoms with van der Waals surface area (Å²) in [5, 5.41) is 0. The van der Waals surface area contributed by atoms with Crippen molar-refractivity contribution in [1.29, 1.82) is 0 Å². The molecule has 0 saturated carbocycles. The van der Waals surface area contributed by atoms with Crippen LogP contribution < -0.4 is 0 Å². The van der Waals surface area contributed by atoms with Crippen molar-refractivity contribution < 1.29 is 32.4 Å². The minimum absolute atomic E-state index is 0. The maximum absolute atomic E-state index is 7.82. The average molecular weight is 782 g/mol. The quantitative estimate of drug-likeness (QED) is 0.167. The number of hydrogen-bond acceptors (Lipinski definition) is 3. The van der Waals surface area contributed by atoms with Gasteiger partial charge in [0, 0.05) is 35.5 Å². The first-order valence-electron chi connectivity index (χ1n) is 18.6. The van der Waals surface area contributed by atoms with Gasteiger partial charge >= 0.3 is 20.1 Å². The Morgan fingerprint density at radius 1 is 0.500 bits per heavy atom. The second-order valence-electron chi connectivity index (χ2n) is 9.63. The molecule has 0 spiro atoms. The monoisotopic (exact) mass is 782 g/mol. The van der Waals surface area contributed by atoms with Crippen molar-refractivity contribution >= 4 is 0 Å². The molecule has 4 aromatic carbocycles. The molecule has 0 fully saturated rings. The molecule has 0 saturated heterocycles. The molecular weight excluding hydrogens is 739 g/mol. The van der Waals surface area contributed by atoms with Crippen molar-refractivity contribution in [1.82, 2.24) is 15.0 Å². The summed E-state index contributed by atoms with van der Waals surface area (Å²) in [4.78, 5) is 12.7. The minimum atomic E-state index is -2.20. The summed E-state index contributed by atoms with van der Waals surface area (Å²) in [6.45, 7) is -6.52. The summed E-state index contributed by atoms with van der Waals surface area (Å²) in [6, 6.07) is 52.3. The molecule has 0 atom stereocenters. The van der Waals surface area contributed by atoms with Gasteiger partial charge in [-0.2, -0.15) is 0 Å². The number of rotatable bonds is 4. The zero-order valence-electron chi connectivity index (χ0n) is 33.6. The van der Waals surface area contributed by atoms with Crippen molar-refractivity contribution in [3.8, 4) is 44.9 Å². The third-order valence-corrected chi connectivity index (χ3v) is 6.44. The van der Waals surface area contributed by atoms with E-state index in [4.69, 9.17) is 12.3 Å². The van der Waals surface area contributed by atoms with Gasteiger partial charge in [-0.25, -0.2) is 0 Å². The molecule has 4 heteroatoms. The van der Waals surface area contributed by atoms with E-state index in [2.05, 4.69) is 33.2 Å². The molecular formula is C42H34IrN3. The molecule has 226 valence electrons. The molecule has 3 aromatic heterocycles. The number of aryl methyl sites for hydroxylation is 3. The van der Waals surface area contributed by atoms with Crippen LogP contribution in [0.25, 0.3) is 44.9 Å². The Kier molecular flexibility index (Phi) is 8.86. The topological polar surface area (TPSA) is 38.7 Å². The van der Waals surface area contributed by atoms with E-state index in [-0.39, 0.29) is 31.5 Å². The molecule has 0 radical (unpaired) electrons. The van der Waals surface area contributed by atoms with E-state index in [9.17, 15) is 0 Å². The molecule has 3 nitrogen and oxygen atoms in total. The van der Waals surface area contributed by atoms with Crippen molar-refractivity contribution in [2.75, 3.05) is 0 Å². The number of nitrogens with zero attached hydrogens (tertiary/aromatic N) is 3. The van der Waals surface area contributed by atoms with E-state index in [0.29, 0.717) is 28.2 Å². The van der Waals surface area contributed by atoms with Gasteiger partial charge in [0.2, 0.25) is 0 Å². The normalized spacial score (nSPS) is 13.6. The van der Waals surface area contributed by atoms with Gasteiger partial charge in [-0.05, 0) is 60.9 Å². The van der Waals surface area contributed by atoms with Gasteiger partial charge in [0.15, 0.2) is 0 Å². The van der Waals surface area contributed by atoms with Crippen LogP contribution in [0, 0.1) is 38.8 Å². The van der Waals surface area contributed by atoms with Crippen LogP contribution in [0.15, 0.2) is 152 Å². The van der Waals surface area contributed by atoms with Crippen molar-refractivity contribution in [3.63, 3.8) is 0 Å². The number of pyridine rings is 3. The van der Waals surface area contributed by atoms with Gasteiger partial charge in [0.25, 0.3) is 0 Å². The van der Waals surface area contributed by atoms with Crippen LogP contribution in [0.2, 0.25) is 0 Å². The van der Waals surface area contributed by atoms with Crippen molar-refractivity contribution in [2.45, 2.75) is 20.6 Å². The predicted molar refractivity (Wildman–Crippen MR) is 185 cm³/mol. The van der Waals surface area contributed by atoms with Gasteiger partial charge < -0.3 is 15.0 Å². The summed E-state index contributed by atoms with van der Waals surface area (Å²) in [5.41, 5.74) is 6.29. The Hall–Kier alpha value is -5.02. The van der Waals surface area contributed by atoms with E-state index in [1.807, 2.05) is 84.9 Å². The van der Waals surface area contributed by atoms with Gasteiger partial charge in [-0.15, -0.1) is 108 Å².